The van der Waals surface area contributed by atoms with Crippen molar-refractivity contribution in [3.05, 3.63) is 47.9 Å². The van der Waals surface area contributed by atoms with Gasteiger partial charge in [0.2, 0.25) is 0 Å². The van der Waals surface area contributed by atoms with Crippen molar-refractivity contribution in [3.8, 4) is 0 Å². The Balaban J connectivity index is 2.14. The van der Waals surface area contributed by atoms with Crippen LogP contribution in [0.25, 0.3) is 0 Å². The van der Waals surface area contributed by atoms with Crippen LogP contribution in [0.3, 0.4) is 0 Å². The van der Waals surface area contributed by atoms with Crippen LogP contribution in [-0.2, 0) is 0 Å². The predicted octanol–water partition coefficient (Wildman–Crippen LogP) is 3.76. The summed E-state index contributed by atoms with van der Waals surface area (Å²) in [7, 11) is 0. The summed E-state index contributed by atoms with van der Waals surface area (Å²) < 4.78 is 5.26. The average molecular weight is 233 g/mol. The van der Waals surface area contributed by atoms with E-state index in [0.29, 0.717) is 0 Å². The SMILES string of the molecule is Cc1occc1Sc1ccc([C@H](C)N)cc1. The number of rotatable bonds is 3. The van der Waals surface area contributed by atoms with Gasteiger partial charge < -0.3 is 10.2 Å². The maximum absolute atomic E-state index is 5.80. The number of hydrogen-bond donors (Lipinski definition) is 1. The van der Waals surface area contributed by atoms with Crippen LogP contribution in [0, 0.1) is 6.92 Å². The highest BCUT2D eigenvalue weighted by atomic mass is 32.2. The summed E-state index contributed by atoms with van der Waals surface area (Å²) in [5.41, 5.74) is 6.96. The van der Waals surface area contributed by atoms with Crippen LogP contribution in [-0.4, -0.2) is 0 Å². The summed E-state index contributed by atoms with van der Waals surface area (Å²) in [6.07, 6.45) is 1.72. The number of benzene rings is 1. The molecule has 0 aliphatic carbocycles. The zero-order valence-electron chi connectivity index (χ0n) is 9.44. The first-order valence-corrected chi connectivity index (χ1v) is 6.06. The van der Waals surface area contributed by atoms with E-state index in [1.807, 2.05) is 19.9 Å². The van der Waals surface area contributed by atoms with Gasteiger partial charge in [0, 0.05) is 10.9 Å². The lowest BCUT2D eigenvalue weighted by Gasteiger charge is -2.06. The van der Waals surface area contributed by atoms with Crippen molar-refractivity contribution in [2.24, 2.45) is 5.73 Å². The van der Waals surface area contributed by atoms with E-state index < -0.39 is 0 Å². The van der Waals surface area contributed by atoms with Gasteiger partial charge in [-0.2, -0.15) is 0 Å². The summed E-state index contributed by atoms with van der Waals surface area (Å²) in [6.45, 7) is 3.96. The van der Waals surface area contributed by atoms with Gasteiger partial charge in [-0.3, -0.25) is 0 Å². The molecule has 2 rings (SSSR count). The molecule has 2 nitrogen and oxygen atoms in total. The van der Waals surface area contributed by atoms with Gasteiger partial charge in [-0.05, 0) is 37.6 Å². The molecule has 1 aromatic heterocycles. The molecule has 0 spiro atoms. The summed E-state index contributed by atoms with van der Waals surface area (Å²) in [4.78, 5) is 2.36. The van der Waals surface area contributed by atoms with Crippen LogP contribution >= 0.6 is 11.8 Å². The standard InChI is InChI=1S/C13H15NOS/c1-9(14)11-3-5-12(6-4-11)16-13-7-8-15-10(13)2/h3-9H,14H2,1-2H3/t9-/m0/s1. The normalized spacial score (nSPS) is 12.7. The van der Waals surface area contributed by atoms with E-state index in [1.165, 1.54) is 4.90 Å². The highest BCUT2D eigenvalue weighted by molar-refractivity contribution is 7.99. The van der Waals surface area contributed by atoms with E-state index in [0.717, 1.165) is 16.2 Å². The second-order valence-electron chi connectivity index (χ2n) is 3.80. The number of hydrogen-bond acceptors (Lipinski definition) is 3. The average Bonchev–Trinajstić information content (AvgIpc) is 2.65. The van der Waals surface area contributed by atoms with Crippen molar-refractivity contribution < 1.29 is 4.42 Å². The Kier molecular flexibility index (Phi) is 3.36. The summed E-state index contributed by atoms with van der Waals surface area (Å²) in [5.74, 6) is 0.960. The fraction of sp³-hybridized carbons (Fsp3) is 0.231. The van der Waals surface area contributed by atoms with E-state index in [9.17, 15) is 0 Å². The third-order valence-electron chi connectivity index (χ3n) is 2.44. The highest BCUT2D eigenvalue weighted by Crippen LogP contribution is 2.31. The topological polar surface area (TPSA) is 39.2 Å². The van der Waals surface area contributed by atoms with Crippen molar-refractivity contribution in [2.45, 2.75) is 29.7 Å². The van der Waals surface area contributed by atoms with E-state index in [2.05, 4.69) is 24.3 Å². The highest BCUT2D eigenvalue weighted by Gasteiger charge is 2.04. The summed E-state index contributed by atoms with van der Waals surface area (Å²) in [5, 5.41) is 0. The van der Waals surface area contributed by atoms with E-state index in [4.69, 9.17) is 10.2 Å². The molecule has 0 saturated carbocycles. The van der Waals surface area contributed by atoms with Crippen LogP contribution in [0.5, 0.6) is 0 Å². The zero-order chi connectivity index (χ0) is 11.5. The molecule has 0 radical (unpaired) electrons. The zero-order valence-corrected chi connectivity index (χ0v) is 10.3. The minimum Gasteiger partial charge on any atom is -0.468 e. The lowest BCUT2D eigenvalue weighted by molar-refractivity contribution is 0.527. The van der Waals surface area contributed by atoms with E-state index >= 15 is 0 Å². The second kappa shape index (κ2) is 4.76. The van der Waals surface area contributed by atoms with Crippen LogP contribution in [0.1, 0.15) is 24.3 Å². The Morgan fingerprint density at radius 3 is 2.38 bits per heavy atom. The molecular formula is C13H15NOS. The molecule has 1 atom stereocenters. The molecule has 1 heterocycles. The molecule has 3 heteroatoms. The van der Waals surface area contributed by atoms with Gasteiger partial charge in [0.25, 0.3) is 0 Å². The van der Waals surface area contributed by atoms with Crippen molar-refractivity contribution in [1.29, 1.82) is 0 Å². The van der Waals surface area contributed by atoms with Gasteiger partial charge in [-0.15, -0.1) is 0 Å². The molecule has 0 amide bonds. The smallest absolute Gasteiger partial charge is 0.114 e. The molecule has 1 aromatic carbocycles. The lowest BCUT2D eigenvalue weighted by Crippen LogP contribution is -2.04. The van der Waals surface area contributed by atoms with Crippen LogP contribution in [0.15, 0.2) is 50.8 Å². The van der Waals surface area contributed by atoms with Crippen LogP contribution < -0.4 is 5.73 Å². The quantitative estimate of drug-likeness (QED) is 0.877. The van der Waals surface area contributed by atoms with Gasteiger partial charge in [0.05, 0.1) is 11.2 Å². The van der Waals surface area contributed by atoms with Gasteiger partial charge in [0.1, 0.15) is 5.76 Å². The van der Waals surface area contributed by atoms with Crippen LogP contribution in [0.4, 0.5) is 0 Å². The first-order chi connectivity index (χ1) is 7.66. The molecule has 0 unspecified atom stereocenters. The Bertz CT molecular complexity index is 459. The van der Waals surface area contributed by atoms with E-state index in [1.54, 1.807) is 18.0 Å². The summed E-state index contributed by atoms with van der Waals surface area (Å²) >= 11 is 1.71. The fourth-order valence-electron chi connectivity index (χ4n) is 1.45. The Morgan fingerprint density at radius 2 is 1.88 bits per heavy atom. The maximum atomic E-state index is 5.80. The van der Waals surface area contributed by atoms with Crippen molar-refractivity contribution >= 4 is 11.8 Å². The Hall–Kier alpha value is -1.19. The largest absolute Gasteiger partial charge is 0.468 e. The number of nitrogens with two attached hydrogens (primary N) is 1. The molecule has 16 heavy (non-hydrogen) atoms. The minimum atomic E-state index is 0.0923. The molecule has 0 aliphatic rings. The Labute approximate surface area is 99.8 Å². The fourth-order valence-corrected chi connectivity index (χ4v) is 2.29. The Morgan fingerprint density at radius 1 is 1.19 bits per heavy atom. The molecule has 0 bridgehead atoms. The van der Waals surface area contributed by atoms with Crippen molar-refractivity contribution in [3.63, 3.8) is 0 Å². The van der Waals surface area contributed by atoms with Gasteiger partial charge >= 0.3 is 0 Å². The third kappa shape index (κ3) is 2.49. The molecule has 2 N–H and O–H groups in total. The lowest BCUT2D eigenvalue weighted by atomic mass is 10.1. The van der Waals surface area contributed by atoms with Crippen molar-refractivity contribution in [2.75, 3.05) is 0 Å². The minimum absolute atomic E-state index is 0.0923. The summed E-state index contributed by atoms with van der Waals surface area (Å²) in [6, 6.07) is 10.4. The molecular weight excluding hydrogens is 218 g/mol. The first kappa shape index (κ1) is 11.3. The van der Waals surface area contributed by atoms with Crippen LogP contribution in [0.2, 0.25) is 0 Å². The van der Waals surface area contributed by atoms with E-state index in [-0.39, 0.29) is 6.04 Å². The molecule has 0 saturated heterocycles. The molecule has 2 aromatic rings. The molecule has 0 aliphatic heterocycles. The van der Waals surface area contributed by atoms with Crippen molar-refractivity contribution in [1.82, 2.24) is 0 Å². The third-order valence-corrected chi connectivity index (χ3v) is 3.60. The molecule has 84 valence electrons. The number of aryl methyl sites for hydroxylation is 1. The number of furan rings is 1. The monoisotopic (exact) mass is 233 g/mol. The molecule has 0 fully saturated rings. The van der Waals surface area contributed by atoms with Gasteiger partial charge in [0.15, 0.2) is 0 Å². The van der Waals surface area contributed by atoms with Gasteiger partial charge in [-0.1, -0.05) is 23.9 Å². The maximum Gasteiger partial charge on any atom is 0.114 e. The second-order valence-corrected chi connectivity index (χ2v) is 4.92. The first-order valence-electron chi connectivity index (χ1n) is 5.24. The van der Waals surface area contributed by atoms with Gasteiger partial charge in [-0.25, -0.2) is 0 Å². The predicted molar refractivity (Wildman–Crippen MR) is 66.6 cm³/mol.